The number of rotatable bonds is 16. The zero-order valence-corrected chi connectivity index (χ0v) is 27.3. The van der Waals surface area contributed by atoms with Crippen molar-refractivity contribution in [3.63, 3.8) is 0 Å². The first-order chi connectivity index (χ1) is 22.8. The highest BCUT2D eigenvalue weighted by molar-refractivity contribution is 5.87. The first-order valence-corrected chi connectivity index (χ1v) is 16.1. The summed E-state index contributed by atoms with van der Waals surface area (Å²) in [6.45, 7) is 12.3. The number of hydrogen-bond acceptors (Lipinski definition) is 6. The van der Waals surface area contributed by atoms with Crippen molar-refractivity contribution in [2.45, 2.75) is 44.9 Å². The molecule has 47 heavy (non-hydrogen) atoms. The smallest absolute Gasteiger partial charge is 0.333 e. The van der Waals surface area contributed by atoms with Gasteiger partial charge < -0.3 is 18.9 Å². The van der Waals surface area contributed by atoms with E-state index in [1.54, 1.807) is 13.8 Å². The molecule has 0 radical (unpaired) electrons. The minimum absolute atomic E-state index is 0.353. The second kappa shape index (κ2) is 15.5. The zero-order chi connectivity index (χ0) is 33.2. The SMILES string of the molecule is C=C(C)C(=O)OCCCCOc1ccc(C2(c3ccc(OCCCCOC(=O)C(=C)C)cc3)c3ccccc3-c3ccccc32)cc1. The Morgan fingerprint density at radius 2 is 0.894 bits per heavy atom. The molecule has 0 aliphatic heterocycles. The first-order valence-electron chi connectivity index (χ1n) is 16.1. The van der Waals surface area contributed by atoms with E-state index in [4.69, 9.17) is 18.9 Å². The molecule has 0 aromatic heterocycles. The number of carbonyl (C=O) groups excluding carboxylic acids is 2. The lowest BCUT2D eigenvalue weighted by atomic mass is 9.68. The van der Waals surface area contributed by atoms with Gasteiger partial charge >= 0.3 is 11.9 Å². The van der Waals surface area contributed by atoms with E-state index in [0.717, 1.165) is 48.3 Å². The van der Waals surface area contributed by atoms with Crippen LogP contribution in [0.4, 0.5) is 0 Å². The van der Waals surface area contributed by atoms with Crippen LogP contribution in [0.15, 0.2) is 121 Å². The molecule has 4 aromatic carbocycles. The quantitative estimate of drug-likeness (QED) is 0.0618. The Balaban J connectivity index is 1.33. The van der Waals surface area contributed by atoms with E-state index in [-0.39, 0.29) is 11.9 Å². The highest BCUT2D eigenvalue weighted by Gasteiger charge is 2.45. The van der Waals surface area contributed by atoms with Gasteiger partial charge in [0.05, 0.1) is 31.8 Å². The minimum Gasteiger partial charge on any atom is -0.494 e. The van der Waals surface area contributed by atoms with Crippen LogP contribution in [0.25, 0.3) is 11.1 Å². The molecule has 5 rings (SSSR count). The van der Waals surface area contributed by atoms with E-state index in [1.165, 1.54) is 22.3 Å². The van der Waals surface area contributed by atoms with Crippen LogP contribution in [0, 0.1) is 0 Å². The van der Waals surface area contributed by atoms with Crippen LogP contribution in [0.5, 0.6) is 11.5 Å². The lowest BCUT2D eigenvalue weighted by molar-refractivity contribution is -0.139. The number of carbonyl (C=O) groups is 2. The predicted molar refractivity (Wildman–Crippen MR) is 185 cm³/mol. The fraction of sp³-hybridized carbons (Fsp3) is 0.268. The molecule has 242 valence electrons. The van der Waals surface area contributed by atoms with Gasteiger partial charge in [-0.1, -0.05) is 86.0 Å². The molecule has 1 aliphatic carbocycles. The van der Waals surface area contributed by atoms with Gasteiger partial charge in [0.1, 0.15) is 11.5 Å². The Morgan fingerprint density at radius 3 is 1.28 bits per heavy atom. The summed E-state index contributed by atoms with van der Waals surface area (Å²) in [4.78, 5) is 23.1. The van der Waals surface area contributed by atoms with Crippen molar-refractivity contribution in [3.8, 4) is 22.6 Å². The van der Waals surface area contributed by atoms with Crippen LogP contribution in [-0.4, -0.2) is 38.4 Å². The summed E-state index contributed by atoms with van der Waals surface area (Å²) in [6, 6.07) is 34.0. The Kier molecular flexibility index (Phi) is 10.9. The number of ether oxygens (including phenoxy) is 4. The molecule has 0 fully saturated rings. The van der Waals surface area contributed by atoms with E-state index in [2.05, 4.69) is 86.0 Å². The summed E-state index contributed by atoms with van der Waals surface area (Å²) in [5, 5.41) is 0. The molecule has 0 spiro atoms. The molecule has 1 aliphatic rings. The summed E-state index contributed by atoms with van der Waals surface area (Å²) in [7, 11) is 0. The van der Waals surface area contributed by atoms with Crippen molar-refractivity contribution in [1.82, 2.24) is 0 Å². The van der Waals surface area contributed by atoms with Crippen LogP contribution >= 0.6 is 0 Å². The van der Waals surface area contributed by atoms with Crippen LogP contribution in [0.1, 0.15) is 61.8 Å². The van der Waals surface area contributed by atoms with Gasteiger partial charge in [-0.2, -0.15) is 0 Å². The third-order valence-electron chi connectivity index (χ3n) is 8.31. The van der Waals surface area contributed by atoms with Gasteiger partial charge in [0, 0.05) is 11.1 Å². The van der Waals surface area contributed by atoms with Crippen molar-refractivity contribution in [2.24, 2.45) is 0 Å². The third-order valence-corrected chi connectivity index (χ3v) is 8.31. The standard InChI is InChI=1S/C41H42O6/c1-29(2)39(42)46-27-11-9-25-44-33-21-17-31(18-22-33)41(37-15-7-5-13-35(37)36-14-6-8-16-38(36)41)32-19-23-34(24-20-32)45-26-10-12-28-47-40(43)30(3)4/h5-8,13-24H,1,3,9-12,25-28H2,2,4H3. The minimum atomic E-state index is -0.523. The summed E-state index contributed by atoms with van der Waals surface area (Å²) in [5.74, 6) is 0.868. The summed E-state index contributed by atoms with van der Waals surface area (Å²) in [5.41, 5.74) is 7.50. The zero-order valence-electron chi connectivity index (χ0n) is 27.3. The topological polar surface area (TPSA) is 71.1 Å². The molecule has 0 amide bonds. The Labute approximate surface area is 277 Å². The molecular weight excluding hydrogens is 588 g/mol. The fourth-order valence-corrected chi connectivity index (χ4v) is 5.99. The molecule has 6 heteroatoms. The molecule has 0 saturated carbocycles. The number of benzene rings is 4. The Morgan fingerprint density at radius 1 is 0.532 bits per heavy atom. The average molecular weight is 631 g/mol. The molecule has 4 aromatic rings. The predicted octanol–water partition coefficient (Wildman–Crippen LogP) is 8.61. The maximum Gasteiger partial charge on any atom is 0.333 e. The lowest BCUT2D eigenvalue weighted by Crippen LogP contribution is -2.28. The first kappa shape index (κ1) is 33.3. The fourth-order valence-electron chi connectivity index (χ4n) is 5.99. The molecule has 0 unspecified atom stereocenters. The Hall–Kier alpha value is -5.10. The summed E-state index contributed by atoms with van der Waals surface area (Å²) >= 11 is 0. The number of hydrogen-bond donors (Lipinski definition) is 0. The molecule has 0 atom stereocenters. The van der Waals surface area contributed by atoms with Crippen LogP contribution in [-0.2, 0) is 24.5 Å². The van der Waals surface area contributed by atoms with Gasteiger partial charge in [-0.05, 0) is 97.2 Å². The second-order valence-corrected chi connectivity index (χ2v) is 11.8. The maximum absolute atomic E-state index is 11.6. The van der Waals surface area contributed by atoms with Crippen molar-refractivity contribution in [3.05, 3.63) is 144 Å². The van der Waals surface area contributed by atoms with Crippen molar-refractivity contribution >= 4 is 11.9 Å². The van der Waals surface area contributed by atoms with Crippen molar-refractivity contribution in [1.29, 1.82) is 0 Å². The molecule has 0 saturated heterocycles. The van der Waals surface area contributed by atoms with E-state index >= 15 is 0 Å². The van der Waals surface area contributed by atoms with Crippen LogP contribution in [0.3, 0.4) is 0 Å². The largest absolute Gasteiger partial charge is 0.494 e. The lowest BCUT2D eigenvalue weighted by Gasteiger charge is -2.34. The van der Waals surface area contributed by atoms with Crippen LogP contribution < -0.4 is 9.47 Å². The third kappa shape index (κ3) is 7.49. The maximum atomic E-state index is 11.6. The van der Waals surface area contributed by atoms with E-state index in [1.807, 2.05) is 24.3 Å². The van der Waals surface area contributed by atoms with Gasteiger partial charge in [-0.3, -0.25) is 0 Å². The van der Waals surface area contributed by atoms with Crippen LogP contribution in [0.2, 0.25) is 0 Å². The number of fused-ring (bicyclic) bond motifs is 3. The van der Waals surface area contributed by atoms with E-state index < -0.39 is 5.41 Å². The summed E-state index contributed by atoms with van der Waals surface area (Å²) in [6.07, 6.45) is 2.98. The number of unbranched alkanes of at least 4 members (excludes halogenated alkanes) is 2. The van der Waals surface area contributed by atoms with Gasteiger partial charge in [-0.15, -0.1) is 0 Å². The highest BCUT2D eigenvalue weighted by atomic mass is 16.5. The molecule has 0 heterocycles. The monoisotopic (exact) mass is 630 g/mol. The Bertz CT molecular complexity index is 1590. The molecule has 0 N–H and O–H groups in total. The average Bonchev–Trinajstić information content (AvgIpc) is 3.39. The van der Waals surface area contributed by atoms with Gasteiger partial charge in [0.2, 0.25) is 0 Å². The van der Waals surface area contributed by atoms with E-state index in [9.17, 15) is 9.59 Å². The van der Waals surface area contributed by atoms with Gasteiger partial charge in [-0.25, -0.2) is 9.59 Å². The molecule has 0 bridgehead atoms. The number of esters is 2. The van der Waals surface area contributed by atoms with Crippen molar-refractivity contribution < 1.29 is 28.5 Å². The van der Waals surface area contributed by atoms with Gasteiger partial charge in [0.25, 0.3) is 0 Å². The molecular formula is C41H42O6. The van der Waals surface area contributed by atoms with E-state index in [0.29, 0.717) is 37.6 Å². The summed E-state index contributed by atoms with van der Waals surface area (Å²) < 4.78 is 22.5. The van der Waals surface area contributed by atoms with Crippen molar-refractivity contribution in [2.75, 3.05) is 26.4 Å². The van der Waals surface area contributed by atoms with Gasteiger partial charge in [0.15, 0.2) is 0 Å². The normalized spacial score (nSPS) is 12.4. The second-order valence-electron chi connectivity index (χ2n) is 11.8. The highest BCUT2D eigenvalue weighted by Crippen LogP contribution is 2.56. The molecule has 6 nitrogen and oxygen atoms in total.